The molecular formula is C17H28IN5O2. The summed E-state index contributed by atoms with van der Waals surface area (Å²) in [5.41, 5.74) is 1.90. The number of hydrogen-bond donors (Lipinski definition) is 2. The van der Waals surface area contributed by atoms with Crippen LogP contribution in [0.2, 0.25) is 0 Å². The molecule has 0 aliphatic rings. The molecule has 2 aromatic rings. The lowest BCUT2D eigenvalue weighted by Crippen LogP contribution is -2.36. The SMILES string of the molecule is CCNC(=NCc1cc(C(C)C)no1)NCc1cc(C(C)C)no1.I. The number of hydrogen-bond acceptors (Lipinski definition) is 5. The zero-order valence-corrected chi connectivity index (χ0v) is 17.8. The molecule has 0 spiro atoms. The van der Waals surface area contributed by atoms with Gasteiger partial charge in [0.15, 0.2) is 17.5 Å². The second-order valence-corrected chi connectivity index (χ2v) is 6.29. The molecule has 8 heteroatoms. The summed E-state index contributed by atoms with van der Waals surface area (Å²) in [4.78, 5) is 4.51. The van der Waals surface area contributed by atoms with Crippen LogP contribution in [0, 0.1) is 0 Å². The van der Waals surface area contributed by atoms with Gasteiger partial charge in [0.05, 0.1) is 17.9 Å². The van der Waals surface area contributed by atoms with Gasteiger partial charge in [-0.3, -0.25) is 0 Å². The standard InChI is InChI=1S/C17H27N5O2.HI/c1-6-18-17(19-9-13-7-15(11(2)3)21-23-13)20-10-14-8-16(12(4)5)22-24-14;/h7-8,11-12H,6,9-10H2,1-5H3,(H2,18,19,20);1H. The molecule has 0 saturated heterocycles. The fraction of sp³-hybridized carbons (Fsp3) is 0.588. The Kier molecular flexibility index (Phi) is 8.95. The van der Waals surface area contributed by atoms with Crippen molar-refractivity contribution in [3.05, 3.63) is 35.0 Å². The average Bonchev–Trinajstić information content (AvgIpc) is 3.19. The summed E-state index contributed by atoms with van der Waals surface area (Å²) in [7, 11) is 0. The van der Waals surface area contributed by atoms with Crippen LogP contribution in [-0.4, -0.2) is 22.8 Å². The highest BCUT2D eigenvalue weighted by Gasteiger charge is 2.09. The minimum atomic E-state index is 0. The normalized spacial score (nSPS) is 11.7. The fourth-order valence-corrected chi connectivity index (χ4v) is 2.03. The highest BCUT2D eigenvalue weighted by molar-refractivity contribution is 14.0. The second kappa shape index (κ2) is 10.4. The Morgan fingerprint density at radius 1 is 1.00 bits per heavy atom. The van der Waals surface area contributed by atoms with Gasteiger partial charge in [-0.2, -0.15) is 0 Å². The van der Waals surface area contributed by atoms with Crippen LogP contribution in [0.15, 0.2) is 26.2 Å². The molecule has 2 N–H and O–H groups in total. The largest absolute Gasteiger partial charge is 0.359 e. The Hall–Kier alpha value is -1.58. The zero-order chi connectivity index (χ0) is 17.5. The van der Waals surface area contributed by atoms with Gasteiger partial charge in [-0.1, -0.05) is 38.0 Å². The zero-order valence-electron chi connectivity index (χ0n) is 15.5. The van der Waals surface area contributed by atoms with Crippen molar-refractivity contribution in [3.8, 4) is 0 Å². The molecule has 7 nitrogen and oxygen atoms in total. The van der Waals surface area contributed by atoms with E-state index >= 15 is 0 Å². The van der Waals surface area contributed by atoms with Gasteiger partial charge in [-0.05, 0) is 18.8 Å². The summed E-state index contributed by atoms with van der Waals surface area (Å²) in [6, 6.07) is 3.91. The van der Waals surface area contributed by atoms with E-state index in [9.17, 15) is 0 Å². The van der Waals surface area contributed by atoms with Crippen molar-refractivity contribution >= 4 is 29.9 Å². The van der Waals surface area contributed by atoms with E-state index in [0.29, 0.717) is 30.9 Å². The number of halogens is 1. The van der Waals surface area contributed by atoms with E-state index in [1.54, 1.807) is 0 Å². The van der Waals surface area contributed by atoms with Gasteiger partial charge in [0.1, 0.15) is 6.54 Å². The lowest BCUT2D eigenvalue weighted by atomic mass is 10.1. The van der Waals surface area contributed by atoms with Gasteiger partial charge < -0.3 is 19.7 Å². The van der Waals surface area contributed by atoms with Gasteiger partial charge in [-0.25, -0.2) is 4.99 Å². The van der Waals surface area contributed by atoms with E-state index in [0.717, 1.165) is 29.5 Å². The molecule has 0 saturated carbocycles. The summed E-state index contributed by atoms with van der Waals surface area (Å²) in [6.45, 7) is 12.1. The summed E-state index contributed by atoms with van der Waals surface area (Å²) in [5, 5.41) is 14.5. The Labute approximate surface area is 166 Å². The lowest BCUT2D eigenvalue weighted by molar-refractivity contribution is 0.371. The number of guanidine groups is 1. The second-order valence-electron chi connectivity index (χ2n) is 6.29. The smallest absolute Gasteiger partial charge is 0.192 e. The predicted octanol–water partition coefficient (Wildman–Crippen LogP) is 3.78. The van der Waals surface area contributed by atoms with Crippen LogP contribution in [0.3, 0.4) is 0 Å². The molecule has 0 aliphatic heterocycles. The maximum atomic E-state index is 5.32. The molecule has 2 heterocycles. The van der Waals surface area contributed by atoms with Gasteiger partial charge in [0.2, 0.25) is 0 Å². The third-order valence-electron chi connectivity index (χ3n) is 3.50. The van der Waals surface area contributed by atoms with Crippen LogP contribution in [0.25, 0.3) is 0 Å². The van der Waals surface area contributed by atoms with Crippen molar-refractivity contribution in [2.24, 2.45) is 4.99 Å². The third-order valence-corrected chi connectivity index (χ3v) is 3.50. The average molecular weight is 461 g/mol. The first kappa shape index (κ1) is 21.5. The van der Waals surface area contributed by atoms with Crippen molar-refractivity contribution in [1.82, 2.24) is 20.9 Å². The summed E-state index contributed by atoms with van der Waals surface area (Å²) in [6.07, 6.45) is 0. The highest BCUT2D eigenvalue weighted by atomic mass is 127. The Balaban J connectivity index is 0.00000312. The van der Waals surface area contributed by atoms with Crippen molar-refractivity contribution in [1.29, 1.82) is 0 Å². The monoisotopic (exact) mass is 461 g/mol. The predicted molar refractivity (Wildman–Crippen MR) is 108 cm³/mol. The molecule has 0 radical (unpaired) electrons. The number of aromatic nitrogens is 2. The van der Waals surface area contributed by atoms with E-state index in [-0.39, 0.29) is 24.0 Å². The van der Waals surface area contributed by atoms with Crippen LogP contribution >= 0.6 is 24.0 Å². The van der Waals surface area contributed by atoms with Crippen molar-refractivity contribution in [2.45, 2.75) is 59.5 Å². The van der Waals surface area contributed by atoms with Gasteiger partial charge >= 0.3 is 0 Å². The number of aliphatic imine (C=N–C) groups is 1. The molecule has 2 aromatic heterocycles. The molecule has 0 fully saturated rings. The third kappa shape index (κ3) is 6.68. The van der Waals surface area contributed by atoms with Crippen LogP contribution in [-0.2, 0) is 13.1 Å². The molecule has 140 valence electrons. The van der Waals surface area contributed by atoms with Crippen LogP contribution in [0.4, 0.5) is 0 Å². The quantitative estimate of drug-likeness (QED) is 0.371. The number of nitrogens with zero attached hydrogens (tertiary/aromatic N) is 3. The molecule has 0 unspecified atom stereocenters. The minimum Gasteiger partial charge on any atom is -0.359 e. The minimum absolute atomic E-state index is 0. The van der Waals surface area contributed by atoms with Gasteiger partial charge in [0, 0.05) is 18.7 Å². The number of nitrogens with one attached hydrogen (secondary N) is 2. The van der Waals surface area contributed by atoms with E-state index < -0.39 is 0 Å². The first-order chi connectivity index (χ1) is 11.5. The van der Waals surface area contributed by atoms with Crippen LogP contribution in [0.5, 0.6) is 0 Å². The van der Waals surface area contributed by atoms with Gasteiger partial charge in [-0.15, -0.1) is 24.0 Å². The molecule has 0 aromatic carbocycles. The van der Waals surface area contributed by atoms with E-state index in [1.165, 1.54) is 0 Å². The van der Waals surface area contributed by atoms with Crippen LogP contribution < -0.4 is 10.6 Å². The Morgan fingerprint density at radius 3 is 2.08 bits per heavy atom. The first-order valence-electron chi connectivity index (χ1n) is 8.42. The van der Waals surface area contributed by atoms with E-state index in [4.69, 9.17) is 9.05 Å². The van der Waals surface area contributed by atoms with Crippen molar-refractivity contribution < 1.29 is 9.05 Å². The summed E-state index contributed by atoms with van der Waals surface area (Å²) >= 11 is 0. The van der Waals surface area contributed by atoms with Gasteiger partial charge in [0.25, 0.3) is 0 Å². The lowest BCUT2D eigenvalue weighted by Gasteiger charge is -2.09. The fourth-order valence-electron chi connectivity index (χ4n) is 2.03. The molecule has 2 rings (SSSR count). The molecule has 25 heavy (non-hydrogen) atoms. The maximum absolute atomic E-state index is 5.32. The van der Waals surface area contributed by atoms with Crippen LogP contribution in [0.1, 0.15) is 69.4 Å². The molecule has 0 amide bonds. The first-order valence-corrected chi connectivity index (χ1v) is 8.42. The molecule has 0 atom stereocenters. The Bertz CT molecular complexity index is 664. The Morgan fingerprint density at radius 2 is 1.56 bits per heavy atom. The topological polar surface area (TPSA) is 88.5 Å². The van der Waals surface area contributed by atoms with E-state index in [1.807, 2.05) is 19.1 Å². The molecule has 0 bridgehead atoms. The number of rotatable bonds is 7. The maximum Gasteiger partial charge on any atom is 0.192 e. The van der Waals surface area contributed by atoms with Crippen molar-refractivity contribution in [2.75, 3.05) is 6.54 Å². The van der Waals surface area contributed by atoms with E-state index in [2.05, 4.69) is 53.6 Å². The highest BCUT2D eigenvalue weighted by Crippen LogP contribution is 2.15. The summed E-state index contributed by atoms with van der Waals surface area (Å²) < 4.78 is 10.6. The molecular weight excluding hydrogens is 433 g/mol. The summed E-state index contributed by atoms with van der Waals surface area (Å²) in [5.74, 6) is 2.93. The van der Waals surface area contributed by atoms with Crippen molar-refractivity contribution in [3.63, 3.8) is 0 Å². The molecule has 0 aliphatic carbocycles.